The lowest BCUT2D eigenvalue weighted by atomic mass is 9.65. The smallest absolute Gasteiger partial charge is 0.242 e. The molecule has 0 amide bonds. The summed E-state index contributed by atoms with van der Waals surface area (Å²) in [5.74, 6) is 1.40. The quantitative estimate of drug-likeness (QED) is 0.317. The van der Waals surface area contributed by atoms with E-state index in [2.05, 4.69) is 107 Å². The first-order chi connectivity index (χ1) is 14.1. The first-order valence-electron chi connectivity index (χ1n) is 11.3. The topological polar surface area (TPSA) is 9.23 Å². The van der Waals surface area contributed by atoms with Crippen molar-refractivity contribution in [2.45, 2.75) is 70.3 Å². The monoisotopic (exact) mass is 438 g/mol. The third kappa shape index (κ3) is 6.27. The maximum absolute atomic E-state index is 6.61. The normalized spacial score (nSPS) is 23.3. The first-order valence-corrected chi connectivity index (χ1v) is 15.6. The Kier molecular flexibility index (Phi) is 7.57. The summed E-state index contributed by atoms with van der Waals surface area (Å²) in [6.07, 6.45) is 6.12. The van der Waals surface area contributed by atoms with Crippen molar-refractivity contribution in [2.24, 2.45) is 11.8 Å². The van der Waals surface area contributed by atoms with E-state index in [1.165, 1.54) is 30.4 Å². The Labute approximate surface area is 189 Å². The van der Waals surface area contributed by atoms with Crippen molar-refractivity contribution in [3.05, 3.63) is 76.9 Å². The van der Waals surface area contributed by atoms with Crippen LogP contribution in [0.3, 0.4) is 0 Å². The van der Waals surface area contributed by atoms with E-state index in [1.54, 1.807) is 0 Å². The number of hydrogen-bond donors (Lipinski definition) is 0. The van der Waals surface area contributed by atoms with Gasteiger partial charge in [0.15, 0.2) is 0 Å². The van der Waals surface area contributed by atoms with E-state index in [0.717, 1.165) is 11.0 Å². The molecule has 1 fully saturated rings. The van der Waals surface area contributed by atoms with Gasteiger partial charge < -0.3 is 4.43 Å². The van der Waals surface area contributed by atoms with E-state index in [4.69, 9.17) is 4.43 Å². The lowest BCUT2D eigenvalue weighted by molar-refractivity contribution is 0.210. The Morgan fingerprint density at radius 3 is 2.17 bits per heavy atom. The van der Waals surface area contributed by atoms with Gasteiger partial charge in [0, 0.05) is 5.25 Å². The molecule has 30 heavy (non-hydrogen) atoms. The van der Waals surface area contributed by atoms with Gasteiger partial charge in [-0.2, -0.15) is 0 Å². The standard InChI is InChI=1S/C27H38OSSi/c1-21-17-18-24(27(2,3)23-15-11-8-12-16-23)25(19-21)29-26(28-30(4,5)6)20-22-13-9-7-10-14-22/h7-16,20-21,24-25H,17-19H2,1-6H3/b26-20+/t21-,24-,25-/m1/s1. The Hall–Kier alpha value is -1.45. The van der Waals surface area contributed by atoms with E-state index in [-0.39, 0.29) is 5.41 Å². The van der Waals surface area contributed by atoms with Crippen molar-refractivity contribution < 1.29 is 4.43 Å². The highest BCUT2D eigenvalue weighted by atomic mass is 32.2. The number of rotatable bonds is 7. The zero-order valence-corrected chi connectivity index (χ0v) is 21.3. The second-order valence-corrected chi connectivity index (χ2v) is 16.0. The molecule has 0 bridgehead atoms. The molecule has 1 aliphatic carbocycles. The molecule has 3 heteroatoms. The fourth-order valence-electron chi connectivity index (χ4n) is 4.59. The van der Waals surface area contributed by atoms with Crippen molar-refractivity contribution in [1.29, 1.82) is 0 Å². The summed E-state index contributed by atoms with van der Waals surface area (Å²) in [6.45, 7) is 14.1. The molecule has 0 aromatic heterocycles. The van der Waals surface area contributed by atoms with Gasteiger partial charge in [-0.25, -0.2) is 0 Å². The molecule has 3 atom stereocenters. The fraction of sp³-hybridized carbons (Fsp3) is 0.481. The summed E-state index contributed by atoms with van der Waals surface area (Å²) in [6, 6.07) is 21.7. The van der Waals surface area contributed by atoms with Gasteiger partial charge in [-0.1, -0.05) is 99.6 Å². The average Bonchev–Trinajstić information content (AvgIpc) is 2.68. The number of hydrogen-bond acceptors (Lipinski definition) is 2. The van der Waals surface area contributed by atoms with Crippen molar-refractivity contribution in [2.75, 3.05) is 0 Å². The summed E-state index contributed by atoms with van der Waals surface area (Å²) >= 11 is 1.99. The maximum Gasteiger partial charge on any atom is 0.242 e. The van der Waals surface area contributed by atoms with Crippen molar-refractivity contribution in [3.63, 3.8) is 0 Å². The molecule has 1 saturated carbocycles. The number of thioether (sulfide) groups is 1. The maximum atomic E-state index is 6.61. The van der Waals surface area contributed by atoms with E-state index < -0.39 is 8.32 Å². The lowest BCUT2D eigenvalue weighted by Crippen LogP contribution is -2.40. The van der Waals surface area contributed by atoms with Crippen molar-refractivity contribution in [1.82, 2.24) is 0 Å². The van der Waals surface area contributed by atoms with Gasteiger partial charge in [-0.3, -0.25) is 0 Å². The highest BCUT2D eigenvalue weighted by Crippen LogP contribution is 2.49. The van der Waals surface area contributed by atoms with Crippen LogP contribution in [-0.2, 0) is 9.84 Å². The molecular formula is C27H38OSSi. The van der Waals surface area contributed by atoms with Gasteiger partial charge in [-0.05, 0) is 66.9 Å². The molecule has 0 spiro atoms. The Bertz CT molecular complexity index is 823. The molecule has 0 unspecified atom stereocenters. The summed E-state index contributed by atoms with van der Waals surface area (Å²) in [4.78, 5) is 0. The lowest BCUT2D eigenvalue weighted by Gasteiger charge is -2.44. The van der Waals surface area contributed by atoms with E-state index in [1.807, 2.05) is 11.8 Å². The van der Waals surface area contributed by atoms with E-state index in [9.17, 15) is 0 Å². The zero-order chi connectivity index (χ0) is 21.8. The molecule has 162 valence electrons. The van der Waals surface area contributed by atoms with Gasteiger partial charge in [0.25, 0.3) is 0 Å². The van der Waals surface area contributed by atoms with E-state index >= 15 is 0 Å². The molecule has 3 rings (SSSR count). The minimum absolute atomic E-state index is 0.149. The van der Waals surface area contributed by atoms with E-state index in [0.29, 0.717) is 11.2 Å². The summed E-state index contributed by atoms with van der Waals surface area (Å²) < 4.78 is 6.61. The Morgan fingerprint density at radius 1 is 0.967 bits per heavy atom. The minimum atomic E-state index is -1.70. The van der Waals surface area contributed by atoms with Crippen LogP contribution in [0.1, 0.15) is 51.2 Å². The zero-order valence-electron chi connectivity index (χ0n) is 19.5. The van der Waals surface area contributed by atoms with Gasteiger partial charge >= 0.3 is 0 Å². The summed E-state index contributed by atoms with van der Waals surface area (Å²) in [5.41, 5.74) is 2.83. The van der Waals surface area contributed by atoms with Crippen LogP contribution in [0, 0.1) is 11.8 Å². The number of benzene rings is 2. The molecule has 0 N–H and O–H groups in total. The molecule has 0 heterocycles. The van der Waals surface area contributed by atoms with Crippen LogP contribution in [0.4, 0.5) is 0 Å². The molecule has 2 aromatic rings. The SMILES string of the molecule is C[C@@H]1CC[C@@H](C(C)(C)c2ccccc2)[C@H](S/C(=C/c2ccccc2)O[Si](C)(C)C)C1. The first kappa shape index (κ1) is 23.2. The van der Waals surface area contributed by atoms with Crippen LogP contribution < -0.4 is 0 Å². The minimum Gasteiger partial charge on any atom is -0.540 e. The molecule has 1 aliphatic rings. The van der Waals surface area contributed by atoms with Crippen LogP contribution in [0.5, 0.6) is 0 Å². The van der Waals surface area contributed by atoms with Crippen molar-refractivity contribution >= 4 is 26.2 Å². The van der Waals surface area contributed by atoms with Gasteiger partial charge in [0.2, 0.25) is 8.32 Å². The molecule has 2 aromatic carbocycles. The second-order valence-electron chi connectivity index (χ2n) is 10.4. The molecule has 0 radical (unpaired) electrons. The van der Waals surface area contributed by atoms with Crippen LogP contribution in [0.15, 0.2) is 65.8 Å². The van der Waals surface area contributed by atoms with Crippen LogP contribution in [0.25, 0.3) is 6.08 Å². The fourth-order valence-corrected chi connectivity index (χ4v) is 7.76. The Balaban J connectivity index is 1.90. The van der Waals surface area contributed by atoms with Crippen molar-refractivity contribution in [3.8, 4) is 0 Å². The second kappa shape index (κ2) is 9.78. The Morgan fingerprint density at radius 2 is 1.57 bits per heavy atom. The highest BCUT2D eigenvalue weighted by molar-refractivity contribution is 8.03. The van der Waals surface area contributed by atoms with Crippen LogP contribution in [0.2, 0.25) is 19.6 Å². The van der Waals surface area contributed by atoms with Gasteiger partial charge in [-0.15, -0.1) is 0 Å². The summed E-state index contributed by atoms with van der Waals surface area (Å²) in [7, 11) is -1.70. The third-order valence-corrected chi connectivity index (χ3v) is 8.49. The predicted molar refractivity (Wildman–Crippen MR) is 136 cm³/mol. The largest absolute Gasteiger partial charge is 0.540 e. The summed E-state index contributed by atoms with van der Waals surface area (Å²) in [5, 5.41) is 1.67. The highest BCUT2D eigenvalue weighted by Gasteiger charge is 2.41. The predicted octanol–water partition coefficient (Wildman–Crippen LogP) is 8.35. The van der Waals surface area contributed by atoms with Gasteiger partial charge in [0.1, 0.15) is 5.09 Å². The molecule has 0 aliphatic heterocycles. The molecular weight excluding hydrogens is 400 g/mol. The average molecular weight is 439 g/mol. The molecule has 1 nitrogen and oxygen atoms in total. The van der Waals surface area contributed by atoms with Crippen LogP contribution in [-0.4, -0.2) is 13.6 Å². The van der Waals surface area contributed by atoms with Gasteiger partial charge in [0.05, 0.1) is 0 Å². The third-order valence-electron chi connectivity index (χ3n) is 6.26. The van der Waals surface area contributed by atoms with Crippen LogP contribution >= 0.6 is 11.8 Å². The molecule has 0 saturated heterocycles.